The molecular weight excluding hydrogens is 293 g/mol. The van der Waals surface area contributed by atoms with Crippen LogP contribution in [0.4, 0.5) is 18.0 Å². The molecule has 13 heteroatoms. The zero-order chi connectivity index (χ0) is 13.5. The Kier molecular flexibility index (Phi) is 3.28. The molecule has 0 spiro atoms. The van der Waals surface area contributed by atoms with E-state index in [4.69, 9.17) is 0 Å². The molecular formula is C4H4F3N2O6S2-. The first kappa shape index (κ1) is 14.0. The molecule has 0 atom stereocenters. The average molecular weight is 297 g/mol. The molecule has 0 aromatic heterocycles. The molecule has 1 fully saturated rings. The fourth-order valence-corrected chi connectivity index (χ4v) is 2.99. The van der Waals surface area contributed by atoms with Crippen LogP contribution in [0.2, 0.25) is 0 Å². The van der Waals surface area contributed by atoms with Gasteiger partial charge in [0.2, 0.25) is 0 Å². The summed E-state index contributed by atoms with van der Waals surface area (Å²) in [7, 11) is -11.5. The second-order valence-electron chi connectivity index (χ2n) is 2.66. The van der Waals surface area contributed by atoms with Crippen LogP contribution >= 0.6 is 0 Å². The Labute approximate surface area is 93.6 Å². The molecule has 0 aliphatic carbocycles. The van der Waals surface area contributed by atoms with Gasteiger partial charge in [-0.3, -0.25) is 0 Å². The Balaban J connectivity index is 3.00. The number of cyclic esters (lactones) is 1. The maximum absolute atomic E-state index is 11.9. The van der Waals surface area contributed by atoms with E-state index in [0.29, 0.717) is 0 Å². The van der Waals surface area contributed by atoms with Gasteiger partial charge in [0.25, 0.3) is 0 Å². The standard InChI is InChI=1S/C4H4F3N2O6S2/c5-4(6,7)16(11,12)8-17(13,14)9-1-2-15-3(9)10/h1-2H2/q-1. The summed E-state index contributed by atoms with van der Waals surface area (Å²) in [5, 5.41) is 0. The molecule has 1 aliphatic rings. The molecule has 0 bridgehead atoms. The van der Waals surface area contributed by atoms with Gasteiger partial charge in [-0.15, -0.1) is 0 Å². The maximum Gasteiger partial charge on any atom is 0.480 e. The van der Waals surface area contributed by atoms with E-state index in [2.05, 4.69) is 4.74 Å². The number of halogens is 3. The van der Waals surface area contributed by atoms with E-state index in [1.165, 1.54) is 0 Å². The van der Waals surface area contributed by atoms with Gasteiger partial charge >= 0.3 is 11.6 Å². The van der Waals surface area contributed by atoms with Crippen molar-refractivity contribution in [2.45, 2.75) is 5.51 Å². The number of sulfonamides is 1. The third kappa shape index (κ3) is 2.78. The minimum Gasteiger partial charge on any atom is -0.447 e. The van der Waals surface area contributed by atoms with Gasteiger partial charge in [-0.1, -0.05) is 0 Å². The molecule has 1 rings (SSSR count). The molecule has 1 aliphatic heterocycles. The molecule has 17 heavy (non-hydrogen) atoms. The number of carbonyl (C=O) groups excluding carboxylic acids is 1. The predicted molar refractivity (Wildman–Crippen MR) is 45.3 cm³/mol. The lowest BCUT2D eigenvalue weighted by Gasteiger charge is -2.26. The first-order valence-corrected chi connectivity index (χ1v) is 6.56. The van der Waals surface area contributed by atoms with Crippen molar-refractivity contribution in [3.63, 3.8) is 0 Å². The molecule has 1 heterocycles. The summed E-state index contributed by atoms with van der Waals surface area (Å²) in [4.78, 5) is 10.7. The molecule has 0 radical (unpaired) electrons. The molecule has 100 valence electrons. The smallest absolute Gasteiger partial charge is 0.447 e. The van der Waals surface area contributed by atoms with Crippen molar-refractivity contribution in [1.82, 2.24) is 4.31 Å². The van der Waals surface area contributed by atoms with Crippen LogP contribution < -0.4 is 0 Å². The Hall–Kier alpha value is -1.08. The van der Waals surface area contributed by atoms with Gasteiger partial charge in [0.1, 0.15) is 6.61 Å². The molecule has 1 amide bonds. The lowest BCUT2D eigenvalue weighted by Crippen LogP contribution is -2.34. The van der Waals surface area contributed by atoms with Crippen LogP contribution in [0, 0.1) is 0 Å². The minimum atomic E-state index is -6.23. The number of hydrogen-bond acceptors (Lipinski definition) is 6. The largest absolute Gasteiger partial charge is 0.480 e. The summed E-state index contributed by atoms with van der Waals surface area (Å²) >= 11 is 0. The quantitative estimate of drug-likeness (QED) is 0.719. The van der Waals surface area contributed by atoms with Gasteiger partial charge in [0.15, 0.2) is 20.2 Å². The molecule has 0 unspecified atom stereocenters. The van der Waals surface area contributed by atoms with Gasteiger partial charge in [0, 0.05) is 0 Å². The van der Waals surface area contributed by atoms with Gasteiger partial charge in [-0.25, -0.2) is 25.9 Å². The number of carbonyl (C=O) groups is 1. The number of ether oxygens (including phenoxy) is 1. The van der Waals surface area contributed by atoms with Gasteiger partial charge in [0.05, 0.1) is 6.54 Å². The van der Waals surface area contributed by atoms with Crippen LogP contribution in [0.1, 0.15) is 0 Å². The topological polar surface area (TPSA) is 112 Å². The van der Waals surface area contributed by atoms with Crippen molar-refractivity contribution in [2.75, 3.05) is 13.2 Å². The molecule has 0 aromatic rings. The van der Waals surface area contributed by atoms with E-state index < -0.39 is 38.4 Å². The summed E-state index contributed by atoms with van der Waals surface area (Å²) in [6.45, 7) is -0.988. The van der Waals surface area contributed by atoms with Crippen LogP contribution in [-0.4, -0.2) is 45.9 Å². The van der Waals surface area contributed by atoms with E-state index in [1.807, 2.05) is 0 Å². The van der Waals surface area contributed by atoms with Crippen molar-refractivity contribution >= 4 is 26.3 Å². The van der Waals surface area contributed by atoms with Gasteiger partial charge in [-0.05, 0) is 0 Å². The highest BCUT2D eigenvalue weighted by Crippen LogP contribution is 2.31. The normalized spacial score (nSPS) is 18.3. The van der Waals surface area contributed by atoms with E-state index in [9.17, 15) is 34.8 Å². The maximum atomic E-state index is 11.9. The van der Waals surface area contributed by atoms with Crippen molar-refractivity contribution < 1.29 is 39.5 Å². The highest BCUT2D eigenvalue weighted by atomic mass is 32.3. The van der Waals surface area contributed by atoms with Crippen LogP contribution in [-0.2, 0) is 25.0 Å². The fraction of sp³-hybridized carbons (Fsp3) is 0.750. The van der Waals surface area contributed by atoms with E-state index in [-0.39, 0.29) is 10.9 Å². The Bertz CT molecular complexity index is 522. The van der Waals surface area contributed by atoms with E-state index >= 15 is 0 Å². The zero-order valence-electron chi connectivity index (χ0n) is 7.71. The SMILES string of the molecule is O=C1OCCN1S(=O)(=O)[N-]S(=O)(=O)C(F)(F)F. The van der Waals surface area contributed by atoms with E-state index in [1.54, 1.807) is 4.13 Å². The second kappa shape index (κ2) is 3.99. The van der Waals surface area contributed by atoms with Crippen LogP contribution in [0.5, 0.6) is 0 Å². The lowest BCUT2D eigenvalue weighted by molar-refractivity contribution is -0.0425. The Morgan fingerprint density at radius 1 is 1.24 bits per heavy atom. The number of nitrogens with zero attached hydrogens (tertiary/aromatic N) is 2. The molecule has 0 N–H and O–H groups in total. The first-order valence-electron chi connectivity index (χ1n) is 3.72. The molecule has 0 saturated carbocycles. The summed E-state index contributed by atoms with van der Waals surface area (Å²) in [5.74, 6) is 0. The van der Waals surface area contributed by atoms with Gasteiger partial charge < -0.3 is 8.86 Å². The van der Waals surface area contributed by atoms with Crippen molar-refractivity contribution in [1.29, 1.82) is 0 Å². The Morgan fingerprint density at radius 2 is 1.76 bits per heavy atom. The summed E-state index contributed by atoms with van der Waals surface area (Å²) in [5.41, 5.74) is -5.86. The average Bonchev–Trinajstić information content (AvgIpc) is 2.47. The van der Waals surface area contributed by atoms with Gasteiger partial charge in [-0.2, -0.15) is 13.2 Å². The summed E-state index contributed by atoms with van der Waals surface area (Å²) in [6.07, 6.45) is -1.48. The summed E-state index contributed by atoms with van der Waals surface area (Å²) in [6, 6.07) is 0. The first-order chi connectivity index (χ1) is 7.47. The number of hydrogen-bond donors (Lipinski definition) is 0. The highest BCUT2D eigenvalue weighted by molar-refractivity contribution is 8.11. The highest BCUT2D eigenvalue weighted by Gasteiger charge is 2.42. The van der Waals surface area contributed by atoms with Crippen LogP contribution in [0.25, 0.3) is 4.13 Å². The summed E-state index contributed by atoms with van der Waals surface area (Å²) < 4.78 is 84.3. The van der Waals surface area contributed by atoms with Crippen LogP contribution in [0.3, 0.4) is 0 Å². The predicted octanol–water partition coefficient (Wildman–Crippen LogP) is -0.0933. The monoisotopic (exact) mass is 297 g/mol. The number of alkyl halides is 3. The Morgan fingerprint density at radius 3 is 2.12 bits per heavy atom. The lowest BCUT2D eigenvalue weighted by atomic mass is 10.7. The van der Waals surface area contributed by atoms with Crippen molar-refractivity contribution in [2.24, 2.45) is 0 Å². The third-order valence-corrected chi connectivity index (χ3v) is 4.50. The third-order valence-electron chi connectivity index (χ3n) is 1.49. The molecule has 0 aromatic carbocycles. The molecule has 8 nitrogen and oxygen atoms in total. The minimum absolute atomic E-state index is 0.212. The number of rotatable bonds is 3. The van der Waals surface area contributed by atoms with Crippen LogP contribution in [0.15, 0.2) is 0 Å². The second-order valence-corrected chi connectivity index (χ2v) is 6.01. The van der Waals surface area contributed by atoms with Crippen molar-refractivity contribution in [3.8, 4) is 0 Å². The van der Waals surface area contributed by atoms with Crippen molar-refractivity contribution in [3.05, 3.63) is 4.13 Å². The zero-order valence-corrected chi connectivity index (χ0v) is 9.34. The number of amides is 1. The van der Waals surface area contributed by atoms with E-state index in [0.717, 1.165) is 0 Å². The molecule has 1 saturated heterocycles. The fourth-order valence-electron chi connectivity index (χ4n) is 0.795.